The lowest BCUT2D eigenvalue weighted by Crippen LogP contribution is -2.41. The molecular formula is C16H18N2O3S. The number of rotatable bonds is 3. The van der Waals surface area contributed by atoms with Crippen molar-refractivity contribution in [2.45, 2.75) is 25.8 Å². The van der Waals surface area contributed by atoms with E-state index in [1.165, 1.54) is 11.8 Å². The number of nitrogens with one attached hydrogen (secondary N) is 1. The Morgan fingerprint density at radius 3 is 2.64 bits per heavy atom. The number of carbonyl (C=O) groups is 3. The molecule has 2 atom stereocenters. The lowest BCUT2D eigenvalue weighted by molar-refractivity contribution is -0.128. The molecule has 0 aliphatic carbocycles. The van der Waals surface area contributed by atoms with Crippen LogP contribution in [0.2, 0.25) is 0 Å². The second-order valence-electron chi connectivity index (χ2n) is 5.76. The molecule has 1 aromatic rings. The lowest BCUT2D eigenvalue weighted by atomic mass is 10.1. The summed E-state index contributed by atoms with van der Waals surface area (Å²) in [7, 11) is 0. The Balaban J connectivity index is 1.65. The SMILES string of the molecule is Cc1ccc(N2C[C@H](C(=O)N[C@@H]3CCSC3=O)CC2=O)cc1. The van der Waals surface area contributed by atoms with E-state index in [1.54, 1.807) is 4.90 Å². The molecule has 1 aromatic carbocycles. The molecule has 6 heteroatoms. The third-order valence-corrected chi connectivity index (χ3v) is 5.10. The van der Waals surface area contributed by atoms with Crippen molar-refractivity contribution in [3.05, 3.63) is 29.8 Å². The van der Waals surface area contributed by atoms with Crippen molar-refractivity contribution < 1.29 is 14.4 Å². The van der Waals surface area contributed by atoms with Gasteiger partial charge in [0.05, 0.1) is 12.0 Å². The molecule has 0 radical (unpaired) electrons. The molecule has 5 nitrogen and oxygen atoms in total. The van der Waals surface area contributed by atoms with Gasteiger partial charge in [0.1, 0.15) is 0 Å². The summed E-state index contributed by atoms with van der Waals surface area (Å²) in [4.78, 5) is 37.6. The van der Waals surface area contributed by atoms with Crippen molar-refractivity contribution in [1.29, 1.82) is 0 Å². The summed E-state index contributed by atoms with van der Waals surface area (Å²) in [6.45, 7) is 2.37. The number of benzene rings is 1. The zero-order chi connectivity index (χ0) is 15.7. The highest BCUT2D eigenvalue weighted by atomic mass is 32.2. The second kappa shape index (κ2) is 6.12. The molecule has 2 heterocycles. The summed E-state index contributed by atoms with van der Waals surface area (Å²) in [5.74, 6) is 0.134. The van der Waals surface area contributed by atoms with Gasteiger partial charge in [-0.1, -0.05) is 29.5 Å². The van der Waals surface area contributed by atoms with Gasteiger partial charge < -0.3 is 10.2 Å². The Morgan fingerprint density at radius 1 is 1.27 bits per heavy atom. The summed E-state index contributed by atoms with van der Waals surface area (Å²) in [6.07, 6.45) is 0.880. The predicted molar refractivity (Wildman–Crippen MR) is 85.7 cm³/mol. The maximum atomic E-state index is 12.3. The molecular weight excluding hydrogens is 300 g/mol. The van der Waals surface area contributed by atoms with Gasteiger partial charge in [0.25, 0.3) is 0 Å². The van der Waals surface area contributed by atoms with E-state index in [2.05, 4.69) is 5.32 Å². The number of aryl methyl sites for hydroxylation is 1. The molecule has 3 rings (SSSR count). The summed E-state index contributed by atoms with van der Waals surface area (Å²) in [5.41, 5.74) is 1.94. The van der Waals surface area contributed by atoms with Crippen molar-refractivity contribution >= 4 is 34.4 Å². The third-order valence-electron chi connectivity index (χ3n) is 4.09. The van der Waals surface area contributed by atoms with Crippen molar-refractivity contribution in [2.24, 2.45) is 5.92 Å². The maximum Gasteiger partial charge on any atom is 0.227 e. The molecule has 0 saturated carbocycles. The van der Waals surface area contributed by atoms with Gasteiger partial charge in [0, 0.05) is 24.4 Å². The van der Waals surface area contributed by atoms with E-state index in [0.717, 1.165) is 17.0 Å². The van der Waals surface area contributed by atoms with Crippen molar-refractivity contribution in [3.8, 4) is 0 Å². The number of nitrogens with zero attached hydrogens (tertiary/aromatic N) is 1. The fourth-order valence-corrected chi connectivity index (χ4v) is 3.71. The smallest absolute Gasteiger partial charge is 0.227 e. The van der Waals surface area contributed by atoms with E-state index in [-0.39, 0.29) is 35.3 Å². The van der Waals surface area contributed by atoms with E-state index in [4.69, 9.17) is 0 Å². The number of thioether (sulfide) groups is 1. The van der Waals surface area contributed by atoms with Gasteiger partial charge in [-0.25, -0.2) is 0 Å². The van der Waals surface area contributed by atoms with Gasteiger partial charge >= 0.3 is 0 Å². The third kappa shape index (κ3) is 3.02. The first-order valence-electron chi connectivity index (χ1n) is 7.38. The molecule has 2 aliphatic rings. The summed E-state index contributed by atoms with van der Waals surface area (Å²) < 4.78 is 0. The van der Waals surface area contributed by atoms with Crippen LogP contribution in [0.25, 0.3) is 0 Å². The monoisotopic (exact) mass is 318 g/mol. The summed E-state index contributed by atoms with van der Waals surface area (Å²) in [6, 6.07) is 7.30. The zero-order valence-corrected chi connectivity index (χ0v) is 13.2. The van der Waals surface area contributed by atoms with Crippen LogP contribution in [0.1, 0.15) is 18.4 Å². The highest BCUT2D eigenvalue weighted by Crippen LogP contribution is 2.26. The van der Waals surface area contributed by atoms with Gasteiger partial charge in [0.2, 0.25) is 16.9 Å². The molecule has 0 aromatic heterocycles. The number of hydrogen-bond donors (Lipinski definition) is 1. The van der Waals surface area contributed by atoms with Crippen LogP contribution in [-0.2, 0) is 14.4 Å². The molecule has 0 spiro atoms. The second-order valence-corrected chi connectivity index (χ2v) is 6.86. The van der Waals surface area contributed by atoms with Crippen molar-refractivity contribution in [3.63, 3.8) is 0 Å². The normalized spacial score (nSPS) is 24.9. The van der Waals surface area contributed by atoms with Crippen molar-refractivity contribution in [2.75, 3.05) is 17.2 Å². The van der Waals surface area contributed by atoms with Crippen LogP contribution >= 0.6 is 11.8 Å². The molecule has 2 aliphatic heterocycles. The highest BCUT2D eigenvalue weighted by Gasteiger charge is 2.37. The Morgan fingerprint density at radius 2 is 2.00 bits per heavy atom. The van der Waals surface area contributed by atoms with E-state index >= 15 is 0 Å². The van der Waals surface area contributed by atoms with Crippen LogP contribution in [0, 0.1) is 12.8 Å². The van der Waals surface area contributed by atoms with Gasteiger partial charge in [-0.15, -0.1) is 0 Å². The van der Waals surface area contributed by atoms with E-state index in [0.29, 0.717) is 13.0 Å². The van der Waals surface area contributed by atoms with Crippen LogP contribution in [-0.4, -0.2) is 35.3 Å². The van der Waals surface area contributed by atoms with Crippen molar-refractivity contribution in [1.82, 2.24) is 5.32 Å². The Hall–Kier alpha value is -1.82. The topological polar surface area (TPSA) is 66.5 Å². The average molecular weight is 318 g/mol. The first-order valence-corrected chi connectivity index (χ1v) is 8.37. The first-order chi connectivity index (χ1) is 10.5. The van der Waals surface area contributed by atoms with Gasteiger partial charge in [-0.3, -0.25) is 14.4 Å². The predicted octanol–water partition coefficient (Wildman–Crippen LogP) is 1.50. The Kier molecular flexibility index (Phi) is 4.20. The number of anilines is 1. The molecule has 1 N–H and O–H groups in total. The van der Waals surface area contributed by atoms with Gasteiger partial charge in [-0.2, -0.15) is 0 Å². The summed E-state index contributed by atoms with van der Waals surface area (Å²) >= 11 is 1.26. The van der Waals surface area contributed by atoms with E-state index in [1.807, 2.05) is 31.2 Å². The van der Waals surface area contributed by atoms with Crippen LogP contribution in [0.4, 0.5) is 5.69 Å². The molecule has 22 heavy (non-hydrogen) atoms. The Bertz CT molecular complexity index is 614. The van der Waals surface area contributed by atoms with E-state index < -0.39 is 0 Å². The van der Waals surface area contributed by atoms with E-state index in [9.17, 15) is 14.4 Å². The fraction of sp³-hybridized carbons (Fsp3) is 0.438. The average Bonchev–Trinajstić information content (AvgIpc) is 3.07. The minimum atomic E-state index is -0.388. The van der Waals surface area contributed by atoms with Crippen LogP contribution in [0.3, 0.4) is 0 Å². The molecule has 2 amide bonds. The highest BCUT2D eigenvalue weighted by molar-refractivity contribution is 8.14. The molecule has 2 saturated heterocycles. The fourth-order valence-electron chi connectivity index (χ4n) is 2.77. The minimum absolute atomic E-state index is 0.0214. The molecule has 116 valence electrons. The number of carbonyl (C=O) groups excluding carboxylic acids is 3. The van der Waals surface area contributed by atoms with Gasteiger partial charge in [-0.05, 0) is 25.5 Å². The molecule has 2 fully saturated rings. The van der Waals surface area contributed by atoms with Crippen LogP contribution in [0.15, 0.2) is 24.3 Å². The standard InChI is InChI=1S/C16H18N2O3S/c1-10-2-4-12(5-3-10)18-9-11(8-14(18)19)15(20)17-13-6-7-22-16(13)21/h2-5,11,13H,6-9H2,1H3,(H,17,20)/t11-,13-/m1/s1. The minimum Gasteiger partial charge on any atom is -0.345 e. The number of hydrogen-bond acceptors (Lipinski definition) is 4. The quantitative estimate of drug-likeness (QED) is 0.917. The van der Waals surface area contributed by atoms with Crippen LogP contribution < -0.4 is 10.2 Å². The Labute approximate surface area is 133 Å². The van der Waals surface area contributed by atoms with Gasteiger partial charge in [0.15, 0.2) is 0 Å². The number of amides is 2. The summed E-state index contributed by atoms with van der Waals surface area (Å²) in [5, 5.41) is 2.81. The maximum absolute atomic E-state index is 12.3. The zero-order valence-electron chi connectivity index (χ0n) is 12.4. The lowest BCUT2D eigenvalue weighted by Gasteiger charge is -2.17. The molecule has 0 unspecified atom stereocenters. The van der Waals surface area contributed by atoms with Crippen LogP contribution in [0.5, 0.6) is 0 Å². The largest absolute Gasteiger partial charge is 0.345 e. The molecule has 0 bridgehead atoms. The first kappa shape index (κ1) is 15.1.